The molecule has 0 aliphatic carbocycles. The van der Waals surface area contributed by atoms with Crippen LogP contribution in [0.15, 0.2) is 34.3 Å². The molecular formula is C11H11BrFNO. The van der Waals surface area contributed by atoms with Gasteiger partial charge in [0, 0.05) is 6.08 Å². The van der Waals surface area contributed by atoms with Crippen molar-refractivity contribution in [2.75, 3.05) is 0 Å². The molecule has 0 heterocycles. The molecular weight excluding hydrogens is 261 g/mol. The molecule has 80 valence electrons. The van der Waals surface area contributed by atoms with E-state index in [0.717, 1.165) is 11.1 Å². The molecule has 0 aromatic heterocycles. The summed E-state index contributed by atoms with van der Waals surface area (Å²) in [5, 5.41) is 0. The lowest BCUT2D eigenvalue weighted by Gasteiger charge is -2.02. The first-order valence-electron chi connectivity index (χ1n) is 4.39. The van der Waals surface area contributed by atoms with Crippen LogP contribution in [-0.4, -0.2) is 5.91 Å². The summed E-state index contributed by atoms with van der Waals surface area (Å²) >= 11 is 3.10. The highest BCUT2D eigenvalue weighted by Gasteiger charge is 2.01. The molecule has 0 radical (unpaired) electrons. The molecule has 4 heteroatoms. The minimum absolute atomic E-state index is 0.296. The van der Waals surface area contributed by atoms with Crippen LogP contribution in [0.3, 0.4) is 0 Å². The van der Waals surface area contributed by atoms with Crippen molar-refractivity contribution in [2.45, 2.75) is 13.3 Å². The highest BCUT2D eigenvalue weighted by molar-refractivity contribution is 9.10. The maximum absolute atomic E-state index is 12.9. The standard InChI is InChI=1S/C11H11BrFNO/c1-7(5-11(14)15)4-8-2-3-10(13)9(12)6-8/h2-3,5-6H,4H2,1H3,(H2,14,15). The van der Waals surface area contributed by atoms with Crippen LogP contribution < -0.4 is 5.73 Å². The predicted octanol–water partition coefficient (Wildman–Crippen LogP) is 2.56. The number of allylic oxidation sites excluding steroid dienone is 1. The molecule has 0 fully saturated rings. The lowest BCUT2D eigenvalue weighted by Crippen LogP contribution is -2.07. The van der Waals surface area contributed by atoms with Crippen molar-refractivity contribution in [3.05, 3.63) is 45.7 Å². The number of primary amides is 1. The van der Waals surface area contributed by atoms with Crippen molar-refractivity contribution in [1.82, 2.24) is 0 Å². The van der Waals surface area contributed by atoms with Gasteiger partial charge >= 0.3 is 0 Å². The fourth-order valence-corrected chi connectivity index (χ4v) is 1.69. The number of rotatable bonds is 3. The van der Waals surface area contributed by atoms with E-state index in [-0.39, 0.29) is 5.82 Å². The number of benzene rings is 1. The molecule has 0 atom stereocenters. The molecule has 0 aliphatic rings. The smallest absolute Gasteiger partial charge is 0.241 e. The SMILES string of the molecule is CC(=CC(N)=O)Cc1ccc(F)c(Br)c1. The minimum Gasteiger partial charge on any atom is -0.366 e. The van der Waals surface area contributed by atoms with Gasteiger partial charge in [-0.3, -0.25) is 4.79 Å². The van der Waals surface area contributed by atoms with E-state index in [1.54, 1.807) is 12.1 Å². The Labute approximate surface area is 96.1 Å². The fraction of sp³-hybridized carbons (Fsp3) is 0.182. The summed E-state index contributed by atoms with van der Waals surface area (Å²) in [6.07, 6.45) is 1.96. The molecule has 1 aromatic rings. The Kier molecular flexibility index (Phi) is 4.03. The van der Waals surface area contributed by atoms with E-state index in [1.165, 1.54) is 12.1 Å². The van der Waals surface area contributed by atoms with E-state index in [1.807, 2.05) is 6.92 Å². The number of carbonyl (C=O) groups excluding carboxylic acids is 1. The highest BCUT2D eigenvalue weighted by Crippen LogP contribution is 2.18. The summed E-state index contributed by atoms with van der Waals surface area (Å²) in [6, 6.07) is 4.75. The molecule has 15 heavy (non-hydrogen) atoms. The monoisotopic (exact) mass is 271 g/mol. The number of amides is 1. The Balaban J connectivity index is 2.82. The Bertz CT molecular complexity index is 415. The second-order valence-corrected chi connectivity index (χ2v) is 4.17. The Hall–Kier alpha value is -1.16. The van der Waals surface area contributed by atoms with Crippen LogP contribution in [0, 0.1) is 5.82 Å². The van der Waals surface area contributed by atoms with Gasteiger partial charge in [-0.25, -0.2) is 4.39 Å². The van der Waals surface area contributed by atoms with E-state index < -0.39 is 5.91 Å². The average Bonchev–Trinajstić information content (AvgIpc) is 2.10. The van der Waals surface area contributed by atoms with Crippen LogP contribution in [0.5, 0.6) is 0 Å². The first-order valence-corrected chi connectivity index (χ1v) is 5.19. The van der Waals surface area contributed by atoms with Crippen molar-refractivity contribution in [3.8, 4) is 0 Å². The molecule has 1 aromatic carbocycles. The summed E-state index contributed by atoms with van der Waals surface area (Å²) in [6.45, 7) is 1.81. The number of halogens is 2. The van der Waals surface area contributed by atoms with Crippen molar-refractivity contribution >= 4 is 21.8 Å². The minimum atomic E-state index is -0.464. The van der Waals surface area contributed by atoms with Gasteiger partial charge in [0.25, 0.3) is 0 Å². The van der Waals surface area contributed by atoms with Gasteiger partial charge in [-0.05, 0) is 47.0 Å². The molecule has 0 aliphatic heterocycles. The van der Waals surface area contributed by atoms with Gasteiger partial charge in [-0.2, -0.15) is 0 Å². The number of hydrogen-bond acceptors (Lipinski definition) is 1. The molecule has 2 N–H and O–H groups in total. The van der Waals surface area contributed by atoms with E-state index in [0.29, 0.717) is 10.9 Å². The van der Waals surface area contributed by atoms with E-state index in [4.69, 9.17) is 5.73 Å². The first-order chi connectivity index (χ1) is 6.99. The third-order valence-electron chi connectivity index (χ3n) is 1.86. The van der Waals surface area contributed by atoms with E-state index in [9.17, 15) is 9.18 Å². The summed E-state index contributed by atoms with van der Waals surface area (Å²) in [5.41, 5.74) is 6.79. The largest absolute Gasteiger partial charge is 0.366 e. The molecule has 0 spiro atoms. The second kappa shape index (κ2) is 5.07. The lowest BCUT2D eigenvalue weighted by atomic mass is 10.1. The molecule has 0 unspecified atom stereocenters. The molecule has 1 rings (SSSR count). The summed E-state index contributed by atoms with van der Waals surface area (Å²) < 4.78 is 13.3. The zero-order valence-electron chi connectivity index (χ0n) is 8.26. The normalized spacial score (nSPS) is 11.5. The van der Waals surface area contributed by atoms with Gasteiger partial charge in [0.1, 0.15) is 5.82 Å². The highest BCUT2D eigenvalue weighted by atomic mass is 79.9. The quantitative estimate of drug-likeness (QED) is 0.844. The fourth-order valence-electron chi connectivity index (χ4n) is 1.27. The number of carbonyl (C=O) groups is 1. The van der Waals surface area contributed by atoms with Gasteiger partial charge in [-0.15, -0.1) is 0 Å². The first kappa shape index (κ1) is 11.9. The maximum atomic E-state index is 12.9. The van der Waals surface area contributed by atoms with Crippen LogP contribution in [0.4, 0.5) is 4.39 Å². The van der Waals surface area contributed by atoms with Gasteiger partial charge in [0.15, 0.2) is 0 Å². The molecule has 0 bridgehead atoms. The van der Waals surface area contributed by atoms with Crippen LogP contribution in [-0.2, 0) is 11.2 Å². The van der Waals surface area contributed by atoms with Crippen LogP contribution in [0.1, 0.15) is 12.5 Å². The van der Waals surface area contributed by atoms with Crippen molar-refractivity contribution < 1.29 is 9.18 Å². The van der Waals surface area contributed by atoms with Gasteiger partial charge in [0.05, 0.1) is 4.47 Å². The van der Waals surface area contributed by atoms with Crippen molar-refractivity contribution in [2.24, 2.45) is 5.73 Å². The van der Waals surface area contributed by atoms with Crippen molar-refractivity contribution in [1.29, 1.82) is 0 Å². The van der Waals surface area contributed by atoms with Crippen LogP contribution >= 0.6 is 15.9 Å². The van der Waals surface area contributed by atoms with Crippen molar-refractivity contribution in [3.63, 3.8) is 0 Å². The molecule has 0 saturated carbocycles. The summed E-state index contributed by atoms with van der Waals surface area (Å²) in [4.78, 5) is 10.6. The zero-order chi connectivity index (χ0) is 11.4. The predicted molar refractivity (Wildman–Crippen MR) is 60.8 cm³/mol. The number of hydrogen-bond donors (Lipinski definition) is 1. The van der Waals surface area contributed by atoms with Gasteiger partial charge in [-0.1, -0.05) is 11.6 Å². The summed E-state index contributed by atoms with van der Waals surface area (Å²) in [7, 11) is 0. The van der Waals surface area contributed by atoms with E-state index in [2.05, 4.69) is 15.9 Å². The van der Waals surface area contributed by atoms with Gasteiger partial charge < -0.3 is 5.73 Å². The Morgan fingerprint density at radius 2 is 2.27 bits per heavy atom. The number of nitrogens with two attached hydrogens (primary N) is 1. The topological polar surface area (TPSA) is 43.1 Å². The van der Waals surface area contributed by atoms with Crippen LogP contribution in [0.2, 0.25) is 0 Å². The lowest BCUT2D eigenvalue weighted by molar-refractivity contribution is -0.113. The second-order valence-electron chi connectivity index (χ2n) is 3.32. The maximum Gasteiger partial charge on any atom is 0.241 e. The Morgan fingerprint density at radius 3 is 2.80 bits per heavy atom. The zero-order valence-corrected chi connectivity index (χ0v) is 9.84. The molecule has 2 nitrogen and oxygen atoms in total. The third kappa shape index (κ3) is 3.83. The molecule has 0 saturated heterocycles. The molecule has 1 amide bonds. The van der Waals surface area contributed by atoms with E-state index >= 15 is 0 Å². The van der Waals surface area contributed by atoms with Gasteiger partial charge in [0.2, 0.25) is 5.91 Å². The summed E-state index contributed by atoms with van der Waals surface area (Å²) in [5.74, 6) is -0.760. The average molecular weight is 272 g/mol. The van der Waals surface area contributed by atoms with Crippen LogP contribution in [0.25, 0.3) is 0 Å². The Morgan fingerprint density at radius 1 is 1.60 bits per heavy atom. The third-order valence-corrected chi connectivity index (χ3v) is 2.46.